The third-order valence-electron chi connectivity index (χ3n) is 3.66. The molecule has 1 aromatic carbocycles. The summed E-state index contributed by atoms with van der Waals surface area (Å²) in [6.07, 6.45) is 0.833. The number of carbonyl (C=O) groups is 1. The molecule has 3 rings (SSSR count). The van der Waals surface area contributed by atoms with Gasteiger partial charge in [-0.1, -0.05) is 13.0 Å². The average molecular weight is 360 g/mol. The minimum absolute atomic E-state index is 0.221. The van der Waals surface area contributed by atoms with Crippen LogP contribution in [-0.2, 0) is 13.0 Å². The van der Waals surface area contributed by atoms with Crippen LogP contribution in [-0.4, -0.2) is 10.5 Å². The maximum Gasteiger partial charge on any atom is 0.289 e. The molecule has 0 bridgehead atoms. The third-order valence-corrected chi connectivity index (χ3v) is 5.74. The fourth-order valence-electron chi connectivity index (χ4n) is 2.54. The van der Waals surface area contributed by atoms with Crippen molar-refractivity contribution < 1.29 is 9.18 Å². The number of hydrogen-bond acceptors (Lipinski definition) is 3. The van der Waals surface area contributed by atoms with Crippen molar-refractivity contribution in [3.05, 3.63) is 62.2 Å². The fraction of sp³-hybridized carbons (Fsp3) is 0.222. The number of amides is 1. The average Bonchev–Trinajstić information content (AvgIpc) is 3.23. The minimum atomic E-state index is -0.257. The van der Waals surface area contributed by atoms with Gasteiger partial charge in [0.05, 0.1) is 10.6 Å². The second-order valence-electron chi connectivity index (χ2n) is 5.16. The first-order chi connectivity index (χ1) is 11.6. The van der Waals surface area contributed by atoms with Crippen molar-refractivity contribution in [3.63, 3.8) is 0 Å². The standard InChI is InChI=1S/C18H17FN2OS2/c1-3-14-16(12-7-9-13(19)10-8-12)21(4-2)18(24-14)20-17(22)15-6-5-11-23-15/h5-11H,3-4H2,1-2H3. The number of benzene rings is 1. The van der Waals surface area contributed by atoms with E-state index >= 15 is 0 Å². The van der Waals surface area contributed by atoms with E-state index in [1.165, 1.54) is 34.8 Å². The molecule has 2 aromatic heterocycles. The maximum absolute atomic E-state index is 13.2. The number of thiazole rings is 1. The zero-order chi connectivity index (χ0) is 17.1. The van der Waals surface area contributed by atoms with Crippen LogP contribution in [0.3, 0.4) is 0 Å². The summed E-state index contributed by atoms with van der Waals surface area (Å²) in [5.74, 6) is -0.477. The lowest BCUT2D eigenvalue weighted by atomic mass is 10.1. The first kappa shape index (κ1) is 16.8. The van der Waals surface area contributed by atoms with E-state index in [4.69, 9.17) is 0 Å². The molecule has 0 N–H and O–H groups in total. The van der Waals surface area contributed by atoms with E-state index in [1.807, 2.05) is 22.9 Å². The Morgan fingerprint density at radius 2 is 1.96 bits per heavy atom. The molecule has 0 fully saturated rings. The highest BCUT2D eigenvalue weighted by atomic mass is 32.1. The van der Waals surface area contributed by atoms with Gasteiger partial charge in [-0.25, -0.2) is 4.39 Å². The molecule has 0 spiro atoms. The van der Waals surface area contributed by atoms with Gasteiger partial charge in [0.15, 0.2) is 4.80 Å². The van der Waals surface area contributed by atoms with E-state index in [-0.39, 0.29) is 11.7 Å². The van der Waals surface area contributed by atoms with Crippen molar-refractivity contribution in [1.82, 2.24) is 4.57 Å². The van der Waals surface area contributed by atoms with Crippen LogP contribution in [0.4, 0.5) is 4.39 Å². The van der Waals surface area contributed by atoms with Crippen LogP contribution in [0.25, 0.3) is 11.3 Å². The molecule has 0 aliphatic heterocycles. The SMILES string of the molecule is CCc1sc(=NC(=O)c2cccs2)n(CC)c1-c1ccc(F)cc1. The van der Waals surface area contributed by atoms with Crippen molar-refractivity contribution in [2.45, 2.75) is 26.8 Å². The number of carbonyl (C=O) groups excluding carboxylic acids is 1. The Kier molecular flexibility index (Phi) is 5.06. The van der Waals surface area contributed by atoms with Crippen molar-refractivity contribution in [1.29, 1.82) is 0 Å². The Labute approximate surface area is 147 Å². The van der Waals surface area contributed by atoms with E-state index in [0.717, 1.165) is 22.6 Å². The fourth-order valence-corrected chi connectivity index (χ4v) is 4.30. The van der Waals surface area contributed by atoms with Gasteiger partial charge < -0.3 is 4.57 Å². The van der Waals surface area contributed by atoms with Crippen LogP contribution >= 0.6 is 22.7 Å². The summed E-state index contributed by atoms with van der Waals surface area (Å²) >= 11 is 2.91. The van der Waals surface area contributed by atoms with Crippen molar-refractivity contribution in [2.75, 3.05) is 0 Å². The van der Waals surface area contributed by atoms with Crippen molar-refractivity contribution >= 4 is 28.6 Å². The molecule has 1 amide bonds. The highest BCUT2D eigenvalue weighted by molar-refractivity contribution is 7.12. The Balaban J connectivity index is 2.15. The van der Waals surface area contributed by atoms with Crippen LogP contribution in [0.5, 0.6) is 0 Å². The summed E-state index contributed by atoms with van der Waals surface area (Å²) in [4.78, 5) is 19.1. The number of nitrogens with zero attached hydrogens (tertiary/aromatic N) is 2. The minimum Gasteiger partial charge on any atom is -0.316 e. The molecule has 0 atom stereocenters. The molecule has 0 radical (unpaired) electrons. The first-order valence-electron chi connectivity index (χ1n) is 7.75. The zero-order valence-corrected chi connectivity index (χ0v) is 15.1. The summed E-state index contributed by atoms with van der Waals surface area (Å²) in [5.41, 5.74) is 1.96. The second-order valence-corrected chi connectivity index (χ2v) is 7.17. The molecule has 3 nitrogen and oxygen atoms in total. The zero-order valence-electron chi connectivity index (χ0n) is 13.5. The molecule has 124 valence electrons. The van der Waals surface area contributed by atoms with Gasteiger partial charge in [-0.2, -0.15) is 4.99 Å². The smallest absolute Gasteiger partial charge is 0.289 e. The van der Waals surface area contributed by atoms with Gasteiger partial charge in [-0.05, 0) is 54.6 Å². The van der Waals surface area contributed by atoms with E-state index in [2.05, 4.69) is 11.9 Å². The molecule has 0 saturated heterocycles. The van der Waals surface area contributed by atoms with Crippen molar-refractivity contribution in [3.8, 4) is 11.3 Å². The Morgan fingerprint density at radius 1 is 1.21 bits per heavy atom. The Hall–Kier alpha value is -2.05. The van der Waals surface area contributed by atoms with Gasteiger partial charge in [0.1, 0.15) is 5.82 Å². The third kappa shape index (κ3) is 3.25. The largest absolute Gasteiger partial charge is 0.316 e. The highest BCUT2D eigenvalue weighted by Gasteiger charge is 2.15. The van der Waals surface area contributed by atoms with Gasteiger partial charge in [0.25, 0.3) is 5.91 Å². The summed E-state index contributed by atoms with van der Waals surface area (Å²) in [6, 6.07) is 10.1. The topological polar surface area (TPSA) is 34.4 Å². The second kappa shape index (κ2) is 7.23. The normalized spacial score (nSPS) is 11.9. The summed E-state index contributed by atoms with van der Waals surface area (Å²) in [5, 5.41) is 1.87. The van der Waals surface area contributed by atoms with Crippen LogP contribution in [0, 0.1) is 5.82 Å². The van der Waals surface area contributed by atoms with E-state index < -0.39 is 0 Å². The molecule has 0 aliphatic carbocycles. The lowest BCUT2D eigenvalue weighted by molar-refractivity contribution is 0.100. The van der Waals surface area contributed by atoms with Crippen molar-refractivity contribution in [2.24, 2.45) is 4.99 Å². The predicted molar refractivity (Wildman–Crippen MR) is 97.0 cm³/mol. The predicted octanol–water partition coefficient (Wildman–Crippen LogP) is 4.74. The number of aryl methyl sites for hydroxylation is 1. The highest BCUT2D eigenvalue weighted by Crippen LogP contribution is 2.27. The summed E-state index contributed by atoms with van der Waals surface area (Å²) < 4.78 is 15.3. The number of aromatic nitrogens is 1. The number of hydrogen-bond donors (Lipinski definition) is 0. The Bertz CT molecular complexity index is 906. The first-order valence-corrected chi connectivity index (χ1v) is 9.44. The van der Waals surface area contributed by atoms with Gasteiger partial charge in [0, 0.05) is 11.4 Å². The lowest BCUT2D eigenvalue weighted by Crippen LogP contribution is -2.16. The van der Waals surface area contributed by atoms with Crippen LogP contribution in [0.15, 0.2) is 46.8 Å². The van der Waals surface area contributed by atoms with Crippen LogP contribution < -0.4 is 4.80 Å². The molecular formula is C18H17FN2OS2. The van der Waals surface area contributed by atoms with E-state index in [1.54, 1.807) is 18.2 Å². The summed E-state index contributed by atoms with van der Waals surface area (Å²) in [7, 11) is 0. The van der Waals surface area contributed by atoms with Gasteiger partial charge >= 0.3 is 0 Å². The number of halogens is 1. The molecule has 0 unspecified atom stereocenters. The molecule has 0 aliphatic rings. The maximum atomic E-state index is 13.2. The van der Waals surface area contributed by atoms with Crippen LogP contribution in [0.1, 0.15) is 28.4 Å². The summed E-state index contributed by atoms with van der Waals surface area (Å²) in [6.45, 7) is 4.79. The Morgan fingerprint density at radius 3 is 2.54 bits per heavy atom. The molecule has 24 heavy (non-hydrogen) atoms. The lowest BCUT2D eigenvalue weighted by Gasteiger charge is -2.08. The van der Waals surface area contributed by atoms with E-state index in [9.17, 15) is 9.18 Å². The number of thiophene rings is 1. The van der Waals surface area contributed by atoms with E-state index in [0.29, 0.717) is 16.2 Å². The van der Waals surface area contributed by atoms with Gasteiger partial charge in [-0.3, -0.25) is 4.79 Å². The molecule has 6 heteroatoms. The quantitative estimate of drug-likeness (QED) is 0.662. The molecule has 0 saturated carbocycles. The van der Waals surface area contributed by atoms with Gasteiger partial charge in [-0.15, -0.1) is 22.7 Å². The van der Waals surface area contributed by atoms with Gasteiger partial charge in [0.2, 0.25) is 0 Å². The molecule has 2 heterocycles. The monoisotopic (exact) mass is 360 g/mol. The molecular weight excluding hydrogens is 343 g/mol. The number of rotatable bonds is 4. The van der Waals surface area contributed by atoms with Crippen LogP contribution in [0.2, 0.25) is 0 Å². The molecule has 3 aromatic rings.